The monoisotopic (exact) mass is 344 g/mol. The van der Waals surface area contributed by atoms with Gasteiger partial charge in [-0.2, -0.15) is 0 Å². The van der Waals surface area contributed by atoms with Crippen molar-refractivity contribution in [1.82, 2.24) is 10.6 Å². The van der Waals surface area contributed by atoms with Crippen molar-refractivity contribution in [3.05, 3.63) is 34.6 Å². The van der Waals surface area contributed by atoms with Crippen LogP contribution in [0.5, 0.6) is 0 Å². The molecule has 1 atom stereocenters. The molecule has 126 valence electrons. The Balaban J connectivity index is 2.46. The summed E-state index contributed by atoms with van der Waals surface area (Å²) in [5, 5.41) is 4.92. The summed E-state index contributed by atoms with van der Waals surface area (Å²) < 4.78 is 17.7. The van der Waals surface area contributed by atoms with Crippen LogP contribution in [0.3, 0.4) is 0 Å². The first-order chi connectivity index (χ1) is 10.8. The molecule has 0 unspecified atom stereocenters. The Morgan fingerprint density at radius 1 is 1.35 bits per heavy atom. The van der Waals surface area contributed by atoms with Crippen molar-refractivity contribution < 1.29 is 23.5 Å². The summed E-state index contributed by atoms with van der Waals surface area (Å²) in [5.41, 5.74) is -0.0467. The number of ether oxygens (including phenoxy) is 1. The number of rotatable bonds is 7. The molecule has 23 heavy (non-hydrogen) atoms. The van der Waals surface area contributed by atoms with Crippen LogP contribution in [0.4, 0.5) is 4.39 Å². The van der Waals surface area contributed by atoms with Gasteiger partial charge in [0.1, 0.15) is 11.9 Å². The molecule has 2 amide bonds. The van der Waals surface area contributed by atoms with Crippen LogP contribution in [0.2, 0.25) is 5.02 Å². The smallest absolute Gasteiger partial charge is 0.340 e. The number of benzene rings is 1. The predicted molar refractivity (Wildman–Crippen MR) is 82.6 cm³/mol. The van der Waals surface area contributed by atoms with Gasteiger partial charge in [-0.3, -0.25) is 9.59 Å². The van der Waals surface area contributed by atoms with Gasteiger partial charge >= 0.3 is 5.97 Å². The molecule has 0 aromatic heterocycles. The van der Waals surface area contributed by atoms with E-state index < -0.39 is 30.3 Å². The molecule has 1 aromatic carbocycles. The van der Waals surface area contributed by atoms with E-state index in [1.807, 2.05) is 6.92 Å². The van der Waals surface area contributed by atoms with E-state index >= 15 is 0 Å². The first-order valence-corrected chi connectivity index (χ1v) is 7.42. The zero-order chi connectivity index (χ0) is 17.4. The van der Waals surface area contributed by atoms with Gasteiger partial charge in [0.2, 0.25) is 5.91 Å². The Morgan fingerprint density at radius 3 is 2.65 bits per heavy atom. The number of halogens is 2. The lowest BCUT2D eigenvalue weighted by atomic mass is 10.2. The van der Waals surface area contributed by atoms with E-state index in [9.17, 15) is 18.8 Å². The molecule has 0 aliphatic rings. The van der Waals surface area contributed by atoms with Crippen molar-refractivity contribution in [1.29, 1.82) is 0 Å². The molecule has 0 spiro atoms. The lowest BCUT2D eigenvalue weighted by Gasteiger charge is -2.14. The molecule has 0 bridgehead atoms. The molecule has 0 radical (unpaired) electrons. The second kappa shape index (κ2) is 9.09. The fraction of sp³-hybridized carbons (Fsp3) is 0.400. The van der Waals surface area contributed by atoms with Gasteiger partial charge < -0.3 is 15.4 Å². The molecule has 1 rings (SSSR count). The lowest BCUT2D eigenvalue weighted by Crippen LogP contribution is -2.46. The molecule has 6 nitrogen and oxygen atoms in total. The third-order valence-electron chi connectivity index (χ3n) is 2.81. The average molecular weight is 345 g/mol. The molecule has 0 fully saturated rings. The van der Waals surface area contributed by atoms with Gasteiger partial charge in [-0.05, 0) is 31.5 Å². The van der Waals surface area contributed by atoms with Gasteiger partial charge in [0.25, 0.3) is 5.91 Å². The fourth-order valence-electron chi connectivity index (χ4n) is 1.61. The van der Waals surface area contributed by atoms with Crippen molar-refractivity contribution in [2.75, 3.05) is 13.2 Å². The van der Waals surface area contributed by atoms with Crippen LogP contribution < -0.4 is 10.6 Å². The maximum atomic E-state index is 12.9. The maximum absolute atomic E-state index is 12.9. The molecule has 0 aliphatic carbocycles. The highest BCUT2D eigenvalue weighted by molar-refractivity contribution is 6.33. The number of carbonyl (C=O) groups excluding carboxylic acids is 3. The average Bonchev–Trinajstić information content (AvgIpc) is 2.50. The van der Waals surface area contributed by atoms with Crippen molar-refractivity contribution in [2.45, 2.75) is 26.3 Å². The van der Waals surface area contributed by atoms with Crippen molar-refractivity contribution in [2.24, 2.45) is 0 Å². The molecule has 0 saturated carbocycles. The van der Waals surface area contributed by atoms with Crippen LogP contribution in [0.25, 0.3) is 0 Å². The van der Waals surface area contributed by atoms with Crippen LogP contribution in [0.1, 0.15) is 30.6 Å². The zero-order valence-corrected chi connectivity index (χ0v) is 13.6. The summed E-state index contributed by atoms with van der Waals surface area (Å²) >= 11 is 5.72. The highest BCUT2D eigenvalue weighted by Crippen LogP contribution is 2.17. The molecule has 0 aliphatic heterocycles. The van der Waals surface area contributed by atoms with Crippen molar-refractivity contribution in [3.8, 4) is 0 Å². The third kappa shape index (κ3) is 6.23. The Kier molecular flexibility index (Phi) is 7.47. The summed E-state index contributed by atoms with van der Waals surface area (Å²) in [4.78, 5) is 35.0. The number of hydrogen-bond donors (Lipinski definition) is 2. The molecular formula is C15H18ClFN2O4. The Hall–Kier alpha value is -2.15. The third-order valence-corrected chi connectivity index (χ3v) is 3.12. The van der Waals surface area contributed by atoms with E-state index in [0.717, 1.165) is 18.6 Å². The van der Waals surface area contributed by atoms with E-state index in [0.29, 0.717) is 6.54 Å². The second-order valence-electron chi connectivity index (χ2n) is 4.78. The predicted octanol–water partition coefficient (Wildman–Crippen LogP) is 1.67. The molecule has 0 heterocycles. The summed E-state index contributed by atoms with van der Waals surface area (Å²) in [6.45, 7) is 3.36. The number of nitrogens with one attached hydrogen (secondary N) is 2. The first kappa shape index (κ1) is 18.9. The van der Waals surface area contributed by atoms with Gasteiger partial charge in [0.05, 0.1) is 10.6 Å². The van der Waals surface area contributed by atoms with Crippen molar-refractivity contribution in [3.63, 3.8) is 0 Å². The molecule has 8 heteroatoms. The summed E-state index contributed by atoms with van der Waals surface area (Å²) in [5.74, 6) is -2.40. The highest BCUT2D eigenvalue weighted by atomic mass is 35.5. The highest BCUT2D eigenvalue weighted by Gasteiger charge is 2.17. The Bertz CT molecular complexity index is 595. The van der Waals surface area contributed by atoms with Crippen LogP contribution in [0, 0.1) is 5.82 Å². The van der Waals surface area contributed by atoms with Crippen LogP contribution >= 0.6 is 11.6 Å². The first-order valence-electron chi connectivity index (χ1n) is 7.04. The Labute approximate surface area is 138 Å². The largest absolute Gasteiger partial charge is 0.452 e. The number of carbonyl (C=O) groups is 3. The summed E-state index contributed by atoms with van der Waals surface area (Å²) in [6, 6.07) is 2.45. The van der Waals surface area contributed by atoms with E-state index in [-0.39, 0.29) is 16.5 Å². The van der Waals surface area contributed by atoms with Gasteiger partial charge in [-0.15, -0.1) is 0 Å². The zero-order valence-electron chi connectivity index (χ0n) is 12.8. The van der Waals surface area contributed by atoms with Gasteiger partial charge in [-0.25, -0.2) is 9.18 Å². The number of esters is 1. The fourth-order valence-corrected chi connectivity index (χ4v) is 1.86. The molecule has 1 aromatic rings. The van der Waals surface area contributed by atoms with Crippen LogP contribution in [-0.2, 0) is 14.3 Å². The summed E-state index contributed by atoms with van der Waals surface area (Å²) in [7, 11) is 0. The quantitative estimate of drug-likeness (QED) is 0.737. The molecule has 2 N–H and O–H groups in total. The van der Waals surface area contributed by atoms with E-state index in [4.69, 9.17) is 16.3 Å². The minimum Gasteiger partial charge on any atom is -0.452 e. The van der Waals surface area contributed by atoms with E-state index in [1.165, 1.54) is 13.0 Å². The Morgan fingerprint density at radius 2 is 2.04 bits per heavy atom. The maximum Gasteiger partial charge on any atom is 0.340 e. The minimum absolute atomic E-state index is 0.0467. The summed E-state index contributed by atoms with van der Waals surface area (Å²) in [6.07, 6.45) is 0.780. The van der Waals surface area contributed by atoms with Gasteiger partial charge in [0.15, 0.2) is 6.61 Å². The topological polar surface area (TPSA) is 84.5 Å². The van der Waals surface area contributed by atoms with E-state index in [2.05, 4.69) is 10.6 Å². The van der Waals surface area contributed by atoms with Gasteiger partial charge in [-0.1, -0.05) is 18.5 Å². The standard InChI is InChI=1S/C15H18ClFN2O4/c1-3-6-18-14(21)9(2)19-13(20)8-23-15(22)11-5-4-10(17)7-12(11)16/h4-5,7,9H,3,6,8H2,1-2H3,(H,18,21)(H,19,20)/t9-/m0/s1. The second-order valence-corrected chi connectivity index (χ2v) is 5.19. The van der Waals surface area contributed by atoms with Crippen molar-refractivity contribution >= 4 is 29.4 Å². The minimum atomic E-state index is -0.853. The van der Waals surface area contributed by atoms with Crippen LogP contribution in [-0.4, -0.2) is 37.0 Å². The molecular weight excluding hydrogens is 327 g/mol. The molecule has 0 saturated heterocycles. The van der Waals surface area contributed by atoms with Gasteiger partial charge in [0, 0.05) is 6.54 Å². The van der Waals surface area contributed by atoms with Crippen LogP contribution in [0.15, 0.2) is 18.2 Å². The number of hydrogen-bond acceptors (Lipinski definition) is 4. The lowest BCUT2D eigenvalue weighted by molar-refractivity contribution is -0.130. The SMILES string of the molecule is CCCNC(=O)[C@H](C)NC(=O)COC(=O)c1ccc(F)cc1Cl. The normalized spacial score (nSPS) is 11.5. The number of amides is 2. The van der Waals surface area contributed by atoms with E-state index in [1.54, 1.807) is 0 Å².